The Kier molecular flexibility index (Phi) is 5.83. The van der Waals surface area contributed by atoms with Gasteiger partial charge in [-0.2, -0.15) is 13.2 Å². The van der Waals surface area contributed by atoms with Crippen molar-refractivity contribution in [2.24, 2.45) is 0 Å². The van der Waals surface area contributed by atoms with Crippen LogP contribution in [-0.4, -0.2) is 61.0 Å². The third-order valence-electron chi connectivity index (χ3n) is 5.94. The predicted octanol–water partition coefficient (Wildman–Crippen LogP) is 4.79. The second-order valence-electron chi connectivity index (χ2n) is 8.15. The molecule has 0 aliphatic carbocycles. The largest absolute Gasteiger partial charge is 0.465 e. The topological polar surface area (TPSA) is 95.7 Å². The summed E-state index contributed by atoms with van der Waals surface area (Å²) in [7, 11) is 0. The van der Waals surface area contributed by atoms with Gasteiger partial charge >= 0.3 is 12.3 Å². The Labute approximate surface area is 203 Å². The summed E-state index contributed by atoms with van der Waals surface area (Å²) in [4.78, 5) is 16.9. The first-order valence-electron chi connectivity index (χ1n) is 10.5. The van der Waals surface area contributed by atoms with Crippen LogP contribution in [0.4, 0.5) is 22.4 Å². The second-order valence-corrected chi connectivity index (χ2v) is 9.00. The molecule has 1 amide bonds. The first-order valence-corrected chi connectivity index (χ1v) is 11.3. The van der Waals surface area contributed by atoms with Crippen LogP contribution in [-0.2, 0) is 0 Å². The summed E-state index contributed by atoms with van der Waals surface area (Å²) in [5, 5.41) is 21.2. The molecular weight excluding hydrogens is 536 g/mol. The molecule has 35 heavy (non-hydrogen) atoms. The highest BCUT2D eigenvalue weighted by molar-refractivity contribution is 9.10. The van der Waals surface area contributed by atoms with Crippen LogP contribution in [0, 0.1) is 5.82 Å². The van der Waals surface area contributed by atoms with Gasteiger partial charge in [0.1, 0.15) is 11.5 Å². The van der Waals surface area contributed by atoms with Crippen LogP contribution in [0.25, 0.3) is 28.1 Å². The minimum absolute atomic E-state index is 0.135. The molecule has 3 aromatic heterocycles. The summed E-state index contributed by atoms with van der Waals surface area (Å²) in [6.45, 7) is 0.567. The number of carboxylic acid groups (broad SMARTS) is 1. The quantitative estimate of drug-likeness (QED) is 0.353. The summed E-state index contributed by atoms with van der Waals surface area (Å²) in [6.07, 6.45) is -5.05. The van der Waals surface area contributed by atoms with Gasteiger partial charge in [-0.1, -0.05) is 12.1 Å². The molecule has 4 heterocycles. The van der Waals surface area contributed by atoms with Gasteiger partial charge < -0.3 is 10.4 Å². The van der Waals surface area contributed by atoms with Crippen LogP contribution in [0.1, 0.15) is 18.0 Å². The monoisotopic (exact) mass is 552 g/mol. The van der Waals surface area contributed by atoms with Gasteiger partial charge in [-0.3, -0.25) is 9.30 Å². The van der Waals surface area contributed by atoms with E-state index >= 15 is 0 Å². The number of carbonyl (C=O) groups is 1. The van der Waals surface area contributed by atoms with E-state index in [1.165, 1.54) is 34.9 Å². The van der Waals surface area contributed by atoms with E-state index in [2.05, 4.69) is 36.4 Å². The van der Waals surface area contributed by atoms with Gasteiger partial charge in [0.05, 0.1) is 9.99 Å². The van der Waals surface area contributed by atoms with Crippen molar-refractivity contribution >= 4 is 38.6 Å². The number of benzene rings is 1. The Bertz CT molecular complexity index is 1440. The van der Waals surface area contributed by atoms with Crippen LogP contribution < -0.4 is 5.32 Å². The van der Waals surface area contributed by atoms with Gasteiger partial charge in [-0.05, 0) is 53.2 Å². The predicted molar refractivity (Wildman–Crippen MR) is 121 cm³/mol. The highest BCUT2D eigenvalue weighted by atomic mass is 79.9. The number of pyridine rings is 2. The molecule has 0 radical (unpaired) electrons. The molecule has 0 bridgehead atoms. The number of aromatic nitrogens is 4. The molecule has 5 rings (SSSR count). The Balaban J connectivity index is 1.63. The first kappa shape index (κ1) is 23.4. The zero-order valence-electron chi connectivity index (χ0n) is 17.8. The first-order chi connectivity index (χ1) is 16.6. The number of hydrogen-bond acceptors (Lipinski definition) is 5. The lowest BCUT2D eigenvalue weighted by Gasteiger charge is -2.35. The number of fused-ring (bicyclic) bond motifs is 2. The van der Waals surface area contributed by atoms with E-state index in [1.807, 2.05) is 0 Å². The van der Waals surface area contributed by atoms with Crippen LogP contribution in [0.2, 0.25) is 0 Å². The fraction of sp³-hybridized carbons (Fsp3) is 0.273. The Hall–Kier alpha value is -3.32. The number of hydrogen-bond donors (Lipinski definition) is 2. The lowest BCUT2D eigenvalue weighted by molar-refractivity contribution is -0.185. The normalized spacial score (nSPS) is 17.2. The molecule has 8 nitrogen and oxygen atoms in total. The third-order valence-corrected chi connectivity index (χ3v) is 6.55. The molecule has 0 spiro atoms. The van der Waals surface area contributed by atoms with Crippen LogP contribution in [0.15, 0.2) is 47.1 Å². The summed E-state index contributed by atoms with van der Waals surface area (Å²) in [6, 6.07) is 5.33. The summed E-state index contributed by atoms with van der Waals surface area (Å²) in [5.41, 5.74) is 0.740. The molecule has 4 aromatic rings. The molecule has 13 heteroatoms. The maximum Gasteiger partial charge on any atom is 0.413 e. The lowest BCUT2D eigenvalue weighted by atomic mass is 10.0. The zero-order chi connectivity index (χ0) is 24.9. The van der Waals surface area contributed by atoms with E-state index in [0.29, 0.717) is 28.0 Å². The van der Waals surface area contributed by atoms with Gasteiger partial charge in [0.2, 0.25) is 0 Å². The molecule has 1 saturated heterocycles. The van der Waals surface area contributed by atoms with E-state index in [-0.39, 0.29) is 34.5 Å². The zero-order valence-corrected chi connectivity index (χ0v) is 19.4. The minimum atomic E-state index is -4.86. The number of alkyl halides is 3. The van der Waals surface area contributed by atoms with Crippen LogP contribution in [0.3, 0.4) is 0 Å². The van der Waals surface area contributed by atoms with Gasteiger partial charge in [-0.25, -0.2) is 14.2 Å². The van der Waals surface area contributed by atoms with Crippen molar-refractivity contribution in [3.63, 3.8) is 0 Å². The Morgan fingerprint density at radius 3 is 2.71 bits per heavy atom. The standard InChI is InChI=1S/C22H17BrF4N6O2/c23-14-8-17-11(7-15(14)24)1-3-16(29-17)20-31-30-18-4-2-12(10-32(18)20)19(22(25,26)27)33(21(34)35)13-5-6-28-9-13/h1-4,7-8,10,13,19,28H,5-6,9H2,(H,34,35)/t13?,19-/m1/s1. The minimum Gasteiger partial charge on any atom is -0.465 e. The number of rotatable bonds is 4. The van der Waals surface area contributed by atoms with E-state index in [0.717, 1.165) is 0 Å². The van der Waals surface area contributed by atoms with Crippen molar-refractivity contribution in [2.75, 3.05) is 13.1 Å². The molecule has 2 N–H and O–H groups in total. The van der Waals surface area contributed by atoms with Gasteiger partial charge in [0, 0.05) is 29.7 Å². The highest BCUT2D eigenvalue weighted by Crippen LogP contribution is 2.40. The fourth-order valence-electron chi connectivity index (χ4n) is 4.35. The summed E-state index contributed by atoms with van der Waals surface area (Å²) in [5.74, 6) is -0.294. The number of amides is 1. The van der Waals surface area contributed by atoms with Crippen molar-refractivity contribution in [2.45, 2.75) is 24.7 Å². The highest BCUT2D eigenvalue weighted by Gasteiger charge is 2.49. The maximum atomic E-state index is 14.3. The Morgan fingerprint density at radius 1 is 1.23 bits per heavy atom. The molecule has 1 fully saturated rings. The van der Waals surface area contributed by atoms with Crippen molar-refractivity contribution in [3.05, 3.63) is 58.4 Å². The SMILES string of the molecule is O=C(O)N(C1CCNC1)[C@H](c1ccc2nnc(-c3ccc4cc(F)c(Br)cc4n3)n2c1)C(F)(F)F. The Morgan fingerprint density at radius 2 is 2.03 bits per heavy atom. The van der Waals surface area contributed by atoms with E-state index in [9.17, 15) is 27.5 Å². The molecular formula is C22H17BrF4N6O2. The average Bonchev–Trinajstić information content (AvgIpc) is 3.46. The van der Waals surface area contributed by atoms with Crippen molar-refractivity contribution in [1.82, 2.24) is 29.8 Å². The van der Waals surface area contributed by atoms with Gasteiger partial charge in [0.25, 0.3) is 0 Å². The van der Waals surface area contributed by atoms with Crippen LogP contribution >= 0.6 is 15.9 Å². The van der Waals surface area contributed by atoms with Crippen molar-refractivity contribution < 1.29 is 27.5 Å². The van der Waals surface area contributed by atoms with Gasteiger partial charge in [-0.15, -0.1) is 10.2 Å². The molecule has 0 saturated carbocycles. The molecule has 1 aromatic carbocycles. The summed E-state index contributed by atoms with van der Waals surface area (Å²) >= 11 is 3.11. The smallest absolute Gasteiger partial charge is 0.413 e. The van der Waals surface area contributed by atoms with Gasteiger partial charge in [0.15, 0.2) is 17.5 Å². The molecule has 1 aliphatic rings. The van der Waals surface area contributed by atoms with Crippen LogP contribution in [0.5, 0.6) is 0 Å². The lowest BCUT2D eigenvalue weighted by Crippen LogP contribution is -2.48. The van der Waals surface area contributed by atoms with E-state index in [4.69, 9.17) is 0 Å². The second kappa shape index (κ2) is 8.72. The molecule has 2 atom stereocenters. The number of halogens is 5. The van der Waals surface area contributed by atoms with E-state index < -0.39 is 30.2 Å². The van der Waals surface area contributed by atoms with Crippen molar-refractivity contribution in [3.8, 4) is 11.5 Å². The van der Waals surface area contributed by atoms with Crippen molar-refractivity contribution in [1.29, 1.82) is 0 Å². The average molecular weight is 553 g/mol. The third kappa shape index (κ3) is 4.29. The molecule has 1 aliphatic heterocycles. The number of nitrogens with one attached hydrogen (secondary N) is 1. The molecule has 1 unspecified atom stereocenters. The maximum absolute atomic E-state index is 14.3. The molecule has 182 valence electrons. The summed E-state index contributed by atoms with van der Waals surface area (Å²) < 4.78 is 58.1. The van der Waals surface area contributed by atoms with E-state index in [1.54, 1.807) is 12.1 Å². The fourth-order valence-corrected chi connectivity index (χ4v) is 4.68. The number of nitrogens with zero attached hydrogens (tertiary/aromatic N) is 5.